The summed E-state index contributed by atoms with van der Waals surface area (Å²) in [6.07, 6.45) is 0. The van der Waals surface area contributed by atoms with Crippen LogP contribution in [0.25, 0.3) is 32.9 Å². The molecular formula is C28H20Cl2N2O4. The van der Waals surface area contributed by atoms with Gasteiger partial charge in [-0.15, -0.1) is 0 Å². The third-order valence-electron chi connectivity index (χ3n) is 6.01. The number of hydrogen-bond acceptors (Lipinski definition) is 3. The number of primary amides is 1. The number of carboxylic acid groups (broad SMARTS) is 1. The molecule has 8 heteroatoms. The smallest absolute Gasteiger partial charge is 0.341 e. The summed E-state index contributed by atoms with van der Waals surface area (Å²) in [5.74, 6) is -1.44. The van der Waals surface area contributed by atoms with Crippen LogP contribution in [0.15, 0.2) is 78.9 Å². The van der Waals surface area contributed by atoms with E-state index in [0.29, 0.717) is 44.1 Å². The van der Waals surface area contributed by atoms with E-state index in [-0.39, 0.29) is 5.75 Å². The van der Waals surface area contributed by atoms with Crippen molar-refractivity contribution in [2.75, 3.05) is 6.61 Å². The molecule has 180 valence electrons. The van der Waals surface area contributed by atoms with Crippen LogP contribution in [0, 0.1) is 0 Å². The Kier molecular flexibility index (Phi) is 6.31. The van der Waals surface area contributed by atoms with Gasteiger partial charge in [0.2, 0.25) is 5.91 Å². The molecule has 0 spiro atoms. The second-order valence-electron chi connectivity index (χ2n) is 8.28. The molecule has 0 fully saturated rings. The second-order valence-corrected chi connectivity index (χ2v) is 9.10. The van der Waals surface area contributed by atoms with Crippen LogP contribution in [0.1, 0.15) is 15.9 Å². The molecule has 0 atom stereocenters. The van der Waals surface area contributed by atoms with Crippen LogP contribution in [0.5, 0.6) is 5.75 Å². The van der Waals surface area contributed by atoms with Crippen molar-refractivity contribution in [3.05, 3.63) is 100 Å². The number of hydrogen-bond donors (Lipinski definition) is 2. The number of benzene rings is 4. The van der Waals surface area contributed by atoms with Crippen molar-refractivity contribution in [2.24, 2.45) is 5.73 Å². The highest BCUT2D eigenvalue weighted by atomic mass is 35.5. The average Bonchev–Trinajstić information content (AvgIpc) is 3.16. The number of aliphatic carboxylic acids is 1. The molecule has 5 rings (SSSR count). The van der Waals surface area contributed by atoms with Crippen LogP contribution in [-0.4, -0.2) is 28.2 Å². The molecule has 5 aromatic rings. The Morgan fingerprint density at radius 2 is 1.56 bits per heavy atom. The number of amides is 1. The fraction of sp³-hybridized carbons (Fsp3) is 0.0714. The maximum absolute atomic E-state index is 12.4. The lowest BCUT2D eigenvalue weighted by Gasteiger charge is -2.13. The molecule has 4 aromatic carbocycles. The first-order valence-electron chi connectivity index (χ1n) is 11.1. The van der Waals surface area contributed by atoms with Gasteiger partial charge in [-0.3, -0.25) is 4.79 Å². The topological polar surface area (TPSA) is 94.6 Å². The lowest BCUT2D eigenvalue weighted by atomic mass is 10.0. The molecule has 3 N–H and O–H groups in total. The van der Waals surface area contributed by atoms with Gasteiger partial charge in [0.25, 0.3) is 0 Å². The molecule has 36 heavy (non-hydrogen) atoms. The number of fused-ring (bicyclic) bond motifs is 3. The Morgan fingerprint density at radius 3 is 2.22 bits per heavy atom. The van der Waals surface area contributed by atoms with Gasteiger partial charge >= 0.3 is 5.97 Å². The zero-order valence-electron chi connectivity index (χ0n) is 18.9. The van der Waals surface area contributed by atoms with Crippen molar-refractivity contribution in [1.82, 2.24) is 4.57 Å². The van der Waals surface area contributed by atoms with Crippen LogP contribution >= 0.6 is 23.2 Å². The van der Waals surface area contributed by atoms with Gasteiger partial charge in [-0.1, -0.05) is 65.7 Å². The number of carboxylic acids is 1. The van der Waals surface area contributed by atoms with Gasteiger partial charge in [-0.05, 0) is 47.5 Å². The quantitative estimate of drug-likeness (QED) is 0.261. The fourth-order valence-electron chi connectivity index (χ4n) is 4.54. The normalized spacial score (nSPS) is 11.2. The van der Waals surface area contributed by atoms with Crippen molar-refractivity contribution in [2.45, 2.75) is 6.54 Å². The van der Waals surface area contributed by atoms with Crippen molar-refractivity contribution in [1.29, 1.82) is 0 Å². The van der Waals surface area contributed by atoms with E-state index >= 15 is 0 Å². The predicted octanol–water partition coefficient (Wildman–Crippen LogP) is 6.38. The van der Waals surface area contributed by atoms with Crippen LogP contribution < -0.4 is 10.5 Å². The monoisotopic (exact) mass is 518 g/mol. The molecule has 0 unspecified atom stereocenters. The molecule has 0 bridgehead atoms. The van der Waals surface area contributed by atoms with Gasteiger partial charge in [0.15, 0.2) is 6.61 Å². The van der Waals surface area contributed by atoms with Crippen molar-refractivity contribution < 1.29 is 19.4 Å². The third-order valence-corrected chi connectivity index (χ3v) is 6.64. The SMILES string of the molecule is NC(=O)c1cccc2c1c1c(OCC(=O)O)cc(-c3c(Cl)cccc3Cl)cc1n2Cc1ccccc1. The van der Waals surface area contributed by atoms with Crippen molar-refractivity contribution >= 4 is 56.9 Å². The lowest BCUT2D eigenvalue weighted by molar-refractivity contribution is -0.139. The number of ether oxygens (including phenoxy) is 1. The van der Waals surface area contributed by atoms with Gasteiger partial charge in [0.05, 0.1) is 16.4 Å². The Hall–Kier alpha value is -4.00. The number of aromatic nitrogens is 1. The van der Waals surface area contributed by atoms with E-state index in [2.05, 4.69) is 0 Å². The lowest BCUT2D eigenvalue weighted by Crippen LogP contribution is -2.11. The minimum atomic E-state index is -1.13. The molecule has 1 amide bonds. The van der Waals surface area contributed by atoms with E-state index < -0.39 is 18.5 Å². The molecule has 0 saturated heterocycles. The predicted molar refractivity (Wildman–Crippen MR) is 142 cm³/mol. The van der Waals surface area contributed by atoms with E-state index in [9.17, 15) is 14.7 Å². The highest BCUT2D eigenvalue weighted by Gasteiger charge is 2.22. The first kappa shape index (κ1) is 23.7. The van der Waals surface area contributed by atoms with E-state index in [1.54, 1.807) is 36.4 Å². The first-order chi connectivity index (χ1) is 17.3. The molecule has 1 heterocycles. The number of rotatable bonds is 7. The Labute approximate surface area is 216 Å². The summed E-state index contributed by atoms with van der Waals surface area (Å²) in [5.41, 5.74) is 9.82. The summed E-state index contributed by atoms with van der Waals surface area (Å²) in [5, 5.41) is 11.4. The summed E-state index contributed by atoms with van der Waals surface area (Å²) in [6.45, 7) is -0.0833. The van der Waals surface area contributed by atoms with Gasteiger partial charge in [0, 0.05) is 33.1 Å². The van der Waals surface area contributed by atoms with Crippen LogP contribution in [0.2, 0.25) is 10.0 Å². The number of nitrogens with two attached hydrogens (primary N) is 1. The van der Waals surface area contributed by atoms with Gasteiger partial charge in [0.1, 0.15) is 5.75 Å². The molecule has 1 aromatic heterocycles. The molecule has 0 aliphatic heterocycles. The summed E-state index contributed by atoms with van der Waals surface area (Å²) < 4.78 is 7.83. The maximum Gasteiger partial charge on any atom is 0.341 e. The summed E-state index contributed by atoms with van der Waals surface area (Å²) in [7, 11) is 0. The summed E-state index contributed by atoms with van der Waals surface area (Å²) in [4.78, 5) is 23.8. The number of carbonyl (C=O) groups is 2. The molecule has 0 radical (unpaired) electrons. The summed E-state index contributed by atoms with van der Waals surface area (Å²) >= 11 is 13.0. The molecule has 6 nitrogen and oxygen atoms in total. The van der Waals surface area contributed by atoms with E-state index in [4.69, 9.17) is 33.7 Å². The minimum absolute atomic E-state index is 0.284. The third kappa shape index (κ3) is 4.26. The Bertz CT molecular complexity index is 1620. The van der Waals surface area contributed by atoms with Crippen LogP contribution in [0.3, 0.4) is 0 Å². The zero-order valence-corrected chi connectivity index (χ0v) is 20.4. The fourth-order valence-corrected chi connectivity index (χ4v) is 5.15. The van der Waals surface area contributed by atoms with Crippen molar-refractivity contribution in [3.63, 3.8) is 0 Å². The standard InChI is InChI=1S/C28H20Cl2N2O4/c29-19-9-5-10-20(30)25(19)17-12-22-27(23(13-17)36-15-24(33)34)26-18(28(31)35)8-4-11-21(26)32(22)14-16-6-2-1-3-7-16/h1-13H,14-15H2,(H2,31,35)(H,33,34). The average molecular weight is 519 g/mol. The molecular weight excluding hydrogens is 499 g/mol. The Balaban J connectivity index is 1.91. The number of nitrogens with zero attached hydrogens (tertiary/aromatic N) is 1. The molecule has 0 aliphatic carbocycles. The Morgan fingerprint density at radius 1 is 0.861 bits per heavy atom. The highest BCUT2D eigenvalue weighted by molar-refractivity contribution is 6.39. The number of halogens is 2. The van der Waals surface area contributed by atoms with Gasteiger partial charge in [-0.25, -0.2) is 4.79 Å². The van der Waals surface area contributed by atoms with E-state index in [1.807, 2.05) is 47.0 Å². The first-order valence-corrected chi connectivity index (χ1v) is 11.8. The van der Waals surface area contributed by atoms with E-state index in [0.717, 1.165) is 16.6 Å². The minimum Gasteiger partial charge on any atom is -0.481 e. The zero-order chi connectivity index (χ0) is 25.4. The highest BCUT2D eigenvalue weighted by Crippen LogP contribution is 2.43. The summed E-state index contributed by atoms with van der Waals surface area (Å²) in [6, 6.07) is 24.0. The maximum atomic E-state index is 12.4. The molecule has 0 aliphatic rings. The van der Waals surface area contributed by atoms with Crippen LogP contribution in [-0.2, 0) is 11.3 Å². The molecule has 0 saturated carbocycles. The van der Waals surface area contributed by atoms with E-state index in [1.165, 1.54) is 0 Å². The van der Waals surface area contributed by atoms with Gasteiger partial charge in [-0.2, -0.15) is 0 Å². The van der Waals surface area contributed by atoms with Gasteiger partial charge < -0.3 is 20.1 Å². The van der Waals surface area contributed by atoms with Crippen molar-refractivity contribution in [3.8, 4) is 16.9 Å². The van der Waals surface area contributed by atoms with Crippen LogP contribution in [0.4, 0.5) is 0 Å². The largest absolute Gasteiger partial charge is 0.481 e. The number of carbonyl (C=O) groups excluding carboxylic acids is 1. The second kappa shape index (κ2) is 9.57.